The molecular formula is C11H13FO3. The third-order valence-electron chi connectivity index (χ3n) is 2.33. The average molecular weight is 212 g/mol. The largest absolute Gasteiger partial charge is 0.479 e. The number of carbonyl (C=O) groups is 1. The fourth-order valence-corrected chi connectivity index (χ4v) is 1.31. The molecule has 4 heteroatoms. The van der Waals surface area contributed by atoms with Crippen LogP contribution in [0.15, 0.2) is 18.2 Å². The first kappa shape index (κ1) is 11.7. The van der Waals surface area contributed by atoms with Crippen molar-refractivity contribution in [2.45, 2.75) is 25.9 Å². The van der Waals surface area contributed by atoms with Crippen LogP contribution in [0.2, 0.25) is 0 Å². The molecule has 1 atom stereocenters. The molecule has 1 aromatic carbocycles. The first-order valence-corrected chi connectivity index (χ1v) is 4.54. The van der Waals surface area contributed by atoms with Crippen LogP contribution in [0, 0.1) is 12.7 Å². The van der Waals surface area contributed by atoms with Gasteiger partial charge in [-0.3, -0.25) is 0 Å². The van der Waals surface area contributed by atoms with E-state index in [1.54, 1.807) is 19.1 Å². The Morgan fingerprint density at radius 1 is 1.53 bits per heavy atom. The van der Waals surface area contributed by atoms with E-state index >= 15 is 0 Å². The Kier molecular flexibility index (Phi) is 3.09. The summed E-state index contributed by atoms with van der Waals surface area (Å²) >= 11 is 0. The minimum atomic E-state index is -1.94. The monoisotopic (exact) mass is 212 g/mol. The smallest absolute Gasteiger partial charge is 0.335 e. The molecule has 0 aromatic heterocycles. The van der Waals surface area contributed by atoms with E-state index < -0.39 is 17.4 Å². The van der Waals surface area contributed by atoms with Gasteiger partial charge in [0, 0.05) is 6.42 Å². The molecule has 0 radical (unpaired) electrons. The Morgan fingerprint density at radius 3 is 2.60 bits per heavy atom. The number of aryl methyl sites for hydroxylation is 1. The summed E-state index contributed by atoms with van der Waals surface area (Å²) in [6.45, 7) is 2.83. The number of aliphatic hydroxyl groups is 1. The molecule has 1 aromatic rings. The van der Waals surface area contributed by atoms with Crippen LogP contribution in [0.3, 0.4) is 0 Å². The fourth-order valence-electron chi connectivity index (χ4n) is 1.31. The highest BCUT2D eigenvalue weighted by atomic mass is 19.1. The van der Waals surface area contributed by atoms with Gasteiger partial charge in [-0.2, -0.15) is 0 Å². The lowest BCUT2D eigenvalue weighted by Crippen LogP contribution is -2.37. The van der Waals surface area contributed by atoms with Crippen LogP contribution in [-0.2, 0) is 11.2 Å². The van der Waals surface area contributed by atoms with Crippen molar-refractivity contribution in [1.82, 2.24) is 0 Å². The number of hydrogen-bond acceptors (Lipinski definition) is 2. The van der Waals surface area contributed by atoms with E-state index in [0.717, 1.165) is 6.92 Å². The molecule has 0 saturated carbocycles. The summed E-state index contributed by atoms with van der Waals surface area (Å²) in [5.41, 5.74) is -1.06. The highest BCUT2D eigenvalue weighted by Gasteiger charge is 2.31. The lowest BCUT2D eigenvalue weighted by Gasteiger charge is -2.19. The molecule has 0 saturated heterocycles. The molecule has 1 rings (SSSR count). The Hall–Kier alpha value is -1.42. The van der Waals surface area contributed by atoms with Gasteiger partial charge in [-0.05, 0) is 31.0 Å². The van der Waals surface area contributed by atoms with Crippen molar-refractivity contribution in [3.05, 3.63) is 35.1 Å². The minimum Gasteiger partial charge on any atom is -0.479 e. The summed E-state index contributed by atoms with van der Waals surface area (Å²) < 4.78 is 13.3. The summed E-state index contributed by atoms with van der Waals surface area (Å²) in [5.74, 6) is -1.85. The van der Waals surface area contributed by atoms with Crippen molar-refractivity contribution in [3.8, 4) is 0 Å². The lowest BCUT2D eigenvalue weighted by atomic mass is 9.93. The van der Waals surface area contributed by atoms with E-state index in [1.807, 2.05) is 0 Å². The molecule has 0 amide bonds. The van der Waals surface area contributed by atoms with Crippen LogP contribution < -0.4 is 0 Å². The Morgan fingerprint density at radius 2 is 2.13 bits per heavy atom. The van der Waals surface area contributed by atoms with Gasteiger partial charge in [-0.1, -0.05) is 12.1 Å². The van der Waals surface area contributed by atoms with Crippen LogP contribution in [-0.4, -0.2) is 21.8 Å². The fraction of sp³-hybridized carbons (Fsp3) is 0.364. The maximum atomic E-state index is 13.3. The maximum Gasteiger partial charge on any atom is 0.335 e. The summed E-state index contributed by atoms with van der Waals surface area (Å²) in [6, 6.07) is 4.47. The van der Waals surface area contributed by atoms with Gasteiger partial charge in [0.05, 0.1) is 0 Å². The first-order chi connectivity index (χ1) is 6.84. The standard InChI is InChI=1S/C11H13FO3/c1-7-4-3-5-9(12)8(7)6-11(2,15)10(13)14/h3-5,15H,6H2,1-2H3,(H,13,14). The molecule has 1 unspecified atom stereocenters. The Balaban J connectivity index is 3.04. The number of aliphatic carboxylic acids is 1. The lowest BCUT2D eigenvalue weighted by molar-refractivity contribution is -0.156. The van der Waals surface area contributed by atoms with Crippen LogP contribution in [0.5, 0.6) is 0 Å². The van der Waals surface area contributed by atoms with E-state index in [1.165, 1.54) is 6.07 Å². The summed E-state index contributed by atoms with van der Waals surface area (Å²) in [7, 11) is 0. The number of rotatable bonds is 3. The molecule has 0 fully saturated rings. The van der Waals surface area contributed by atoms with E-state index in [0.29, 0.717) is 5.56 Å². The summed E-state index contributed by atoms with van der Waals surface area (Å²) in [6.07, 6.45) is -0.235. The summed E-state index contributed by atoms with van der Waals surface area (Å²) in [4.78, 5) is 10.7. The summed E-state index contributed by atoms with van der Waals surface area (Å²) in [5, 5.41) is 18.2. The predicted molar refractivity (Wildman–Crippen MR) is 53.1 cm³/mol. The first-order valence-electron chi connectivity index (χ1n) is 4.54. The predicted octanol–water partition coefficient (Wildman–Crippen LogP) is 1.51. The van der Waals surface area contributed by atoms with Crippen molar-refractivity contribution in [2.75, 3.05) is 0 Å². The highest BCUT2D eigenvalue weighted by molar-refractivity contribution is 5.77. The molecule has 0 spiro atoms. The second kappa shape index (κ2) is 3.98. The Bertz CT molecular complexity index is 365. The van der Waals surface area contributed by atoms with E-state index in [9.17, 15) is 14.3 Å². The van der Waals surface area contributed by atoms with Crippen LogP contribution in [0.4, 0.5) is 4.39 Å². The van der Waals surface area contributed by atoms with E-state index in [2.05, 4.69) is 0 Å². The van der Waals surface area contributed by atoms with Crippen molar-refractivity contribution in [3.63, 3.8) is 0 Å². The molecule has 0 heterocycles. The third-order valence-corrected chi connectivity index (χ3v) is 2.33. The molecule has 0 aliphatic rings. The van der Waals surface area contributed by atoms with Crippen molar-refractivity contribution < 1.29 is 19.4 Å². The van der Waals surface area contributed by atoms with Gasteiger partial charge < -0.3 is 10.2 Å². The molecule has 0 bridgehead atoms. The SMILES string of the molecule is Cc1cccc(F)c1CC(C)(O)C(=O)O. The van der Waals surface area contributed by atoms with Gasteiger partial charge in [0.2, 0.25) is 0 Å². The quantitative estimate of drug-likeness (QED) is 0.798. The number of hydrogen-bond donors (Lipinski definition) is 2. The normalized spacial score (nSPS) is 14.7. The Labute approximate surface area is 87.2 Å². The van der Waals surface area contributed by atoms with Gasteiger partial charge in [0.15, 0.2) is 5.60 Å². The second-order valence-corrected chi connectivity index (χ2v) is 3.79. The van der Waals surface area contributed by atoms with Crippen molar-refractivity contribution in [2.24, 2.45) is 0 Å². The molecule has 82 valence electrons. The zero-order chi connectivity index (χ0) is 11.6. The van der Waals surface area contributed by atoms with Crippen LogP contribution >= 0.6 is 0 Å². The van der Waals surface area contributed by atoms with Gasteiger partial charge in [0.1, 0.15) is 5.82 Å². The molecular weight excluding hydrogens is 199 g/mol. The molecule has 15 heavy (non-hydrogen) atoms. The second-order valence-electron chi connectivity index (χ2n) is 3.79. The number of halogens is 1. The molecule has 0 aliphatic carbocycles. The van der Waals surface area contributed by atoms with Crippen molar-refractivity contribution >= 4 is 5.97 Å². The van der Waals surface area contributed by atoms with Gasteiger partial charge >= 0.3 is 5.97 Å². The topological polar surface area (TPSA) is 57.5 Å². The van der Waals surface area contributed by atoms with E-state index in [-0.39, 0.29) is 12.0 Å². The minimum absolute atomic E-state index is 0.235. The van der Waals surface area contributed by atoms with Gasteiger partial charge in [-0.15, -0.1) is 0 Å². The van der Waals surface area contributed by atoms with Gasteiger partial charge in [0.25, 0.3) is 0 Å². The van der Waals surface area contributed by atoms with Crippen LogP contribution in [0.25, 0.3) is 0 Å². The molecule has 0 aliphatic heterocycles. The number of benzene rings is 1. The van der Waals surface area contributed by atoms with Gasteiger partial charge in [-0.25, -0.2) is 9.18 Å². The molecule has 3 nitrogen and oxygen atoms in total. The highest BCUT2D eigenvalue weighted by Crippen LogP contribution is 2.19. The van der Waals surface area contributed by atoms with E-state index in [4.69, 9.17) is 5.11 Å². The molecule has 2 N–H and O–H groups in total. The average Bonchev–Trinajstić information content (AvgIpc) is 2.11. The number of carboxylic acid groups (broad SMARTS) is 1. The maximum absolute atomic E-state index is 13.3. The van der Waals surface area contributed by atoms with Crippen molar-refractivity contribution in [1.29, 1.82) is 0 Å². The van der Waals surface area contributed by atoms with Crippen LogP contribution in [0.1, 0.15) is 18.1 Å². The number of carboxylic acids is 1. The zero-order valence-corrected chi connectivity index (χ0v) is 8.62. The zero-order valence-electron chi connectivity index (χ0n) is 8.62. The third kappa shape index (κ3) is 2.53.